The normalized spacial score (nSPS) is 22.5. The van der Waals surface area contributed by atoms with Gasteiger partial charge in [0.05, 0.1) is 12.2 Å². The van der Waals surface area contributed by atoms with Gasteiger partial charge in [0.25, 0.3) is 0 Å². The number of carboxylic acid groups (broad SMARTS) is 1. The Morgan fingerprint density at radius 2 is 1.60 bits per heavy atom. The summed E-state index contributed by atoms with van der Waals surface area (Å²) in [5.74, 6) is -2.92. The van der Waals surface area contributed by atoms with Crippen LogP contribution in [0.4, 0.5) is 42.8 Å². The van der Waals surface area contributed by atoms with Crippen LogP contribution in [0.25, 0.3) is 0 Å². The van der Waals surface area contributed by atoms with Crippen molar-refractivity contribution in [3.8, 4) is 0 Å². The maximum Gasteiger partial charge on any atom is 0.490 e. The molecule has 1 aromatic carbocycles. The molecular formula is C36H45F6N9O4. The maximum atomic E-state index is 14.1. The van der Waals surface area contributed by atoms with E-state index >= 15 is 0 Å². The summed E-state index contributed by atoms with van der Waals surface area (Å²) in [6, 6.07) is 11.8. The minimum Gasteiger partial charge on any atom is -0.475 e. The number of carbonyl (C=O) groups excluding carboxylic acids is 1. The lowest BCUT2D eigenvalue weighted by molar-refractivity contribution is -0.192. The predicted molar refractivity (Wildman–Crippen MR) is 189 cm³/mol. The number of hydrogen-bond acceptors (Lipinski definition) is 10. The van der Waals surface area contributed by atoms with Crippen LogP contribution < -0.4 is 15.1 Å². The van der Waals surface area contributed by atoms with Crippen molar-refractivity contribution in [1.82, 2.24) is 34.9 Å². The van der Waals surface area contributed by atoms with E-state index < -0.39 is 24.1 Å². The lowest BCUT2D eigenvalue weighted by atomic mass is 9.91. The Hall–Kier alpha value is -4.65. The van der Waals surface area contributed by atoms with Crippen LogP contribution in [-0.4, -0.2) is 124 Å². The molecule has 13 nitrogen and oxygen atoms in total. The number of amides is 1. The molecule has 300 valence electrons. The van der Waals surface area contributed by atoms with Crippen molar-refractivity contribution in [2.45, 2.75) is 76.1 Å². The van der Waals surface area contributed by atoms with Gasteiger partial charge in [0.1, 0.15) is 18.2 Å². The van der Waals surface area contributed by atoms with Crippen molar-refractivity contribution in [2.24, 2.45) is 0 Å². The van der Waals surface area contributed by atoms with Gasteiger partial charge in [-0.25, -0.2) is 19.6 Å². The summed E-state index contributed by atoms with van der Waals surface area (Å²) in [6.07, 6.45) is -5.43. The van der Waals surface area contributed by atoms with Crippen LogP contribution in [0.15, 0.2) is 42.6 Å². The Bertz CT molecular complexity index is 1770. The van der Waals surface area contributed by atoms with Crippen LogP contribution in [0.1, 0.15) is 60.8 Å². The molecule has 7 rings (SSSR count). The highest BCUT2D eigenvalue weighted by molar-refractivity contribution is 5.73. The summed E-state index contributed by atoms with van der Waals surface area (Å²) < 4.78 is 81.6. The highest BCUT2D eigenvalue weighted by Crippen LogP contribution is 2.38. The molecule has 19 heteroatoms. The number of aromatic nitrogens is 4. The zero-order chi connectivity index (χ0) is 39.5. The topological polar surface area (TPSA) is 132 Å². The van der Waals surface area contributed by atoms with E-state index in [-0.39, 0.29) is 24.8 Å². The molecule has 2 aromatic heterocycles. The largest absolute Gasteiger partial charge is 0.490 e. The standard InChI is InChI=1S/C34H44F3N9O2.C2HF3O2/c1-23-19-39-46(27-8-11-38-20-27)31(23)26-9-12-43(13-10-26)29-18-30(41-32(40-29)34(35,36)37)45-21-28(24(45)2)42-14-16-44(17-15-42)33(47)48-22-25-6-4-3-5-7-25;3-2(4,5)1(6)7/h3-7,18-19,24,26-28,38H,8-17,20-22H2,1-2H3;(H,6,7)/t24-,27?,28?;/m1./s1. The number of nitrogens with zero attached hydrogens (tertiary/aromatic N) is 8. The van der Waals surface area contributed by atoms with Crippen LogP contribution in [0.2, 0.25) is 0 Å². The maximum absolute atomic E-state index is 14.1. The minimum atomic E-state index is -5.08. The minimum absolute atomic E-state index is 0.0375. The number of carbonyl (C=O) groups is 2. The molecule has 3 atom stereocenters. The van der Waals surface area contributed by atoms with Crippen molar-refractivity contribution >= 4 is 23.7 Å². The summed E-state index contributed by atoms with van der Waals surface area (Å²) >= 11 is 0. The monoisotopic (exact) mass is 781 g/mol. The van der Waals surface area contributed by atoms with E-state index in [4.69, 9.17) is 19.7 Å². The fraction of sp³-hybridized carbons (Fsp3) is 0.583. The van der Waals surface area contributed by atoms with E-state index in [0.717, 1.165) is 37.9 Å². The number of piperidine rings is 1. The van der Waals surface area contributed by atoms with Crippen molar-refractivity contribution < 1.29 is 45.8 Å². The molecule has 6 heterocycles. The third-order valence-electron chi connectivity index (χ3n) is 10.8. The number of rotatable bonds is 7. The summed E-state index contributed by atoms with van der Waals surface area (Å²) in [6.45, 7) is 10.5. The molecule has 0 saturated carbocycles. The molecule has 0 aliphatic carbocycles. The van der Waals surface area contributed by atoms with Gasteiger partial charge in [-0.2, -0.15) is 31.4 Å². The number of halogens is 6. The van der Waals surface area contributed by atoms with Gasteiger partial charge < -0.3 is 29.9 Å². The van der Waals surface area contributed by atoms with Gasteiger partial charge in [-0.15, -0.1) is 0 Å². The number of ether oxygens (including phenoxy) is 1. The Labute approximate surface area is 314 Å². The van der Waals surface area contributed by atoms with Crippen molar-refractivity contribution in [1.29, 1.82) is 0 Å². The molecule has 4 aliphatic heterocycles. The summed E-state index contributed by atoms with van der Waals surface area (Å²) in [4.78, 5) is 37.5. The van der Waals surface area contributed by atoms with Gasteiger partial charge in [-0.05, 0) is 50.8 Å². The van der Waals surface area contributed by atoms with Crippen LogP contribution in [0.3, 0.4) is 0 Å². The number of aryl methyl sites for hydroxylation is 1. The van der Waals surface area contributed by atoms with E-state index in [1.54, 1.807) is 11.0 Å². The van der Waals surface area contributed by atoms with Crippen molar-refractivity contribution in [3.05, 3.63) is 65.2 Å². The number of anilines is 2. The fourth-order valence-electron chi connectivity index (χ4n) is 7.71. The first-order valence-corrected chi connectivity index (χ1v) is 18.3. The molecule has 4 saturated heterocycles. The lowest BCUT2D eigenvalue weighted by Crippen LogP contribution is -2.68. The van der Waals surface area contributed by atoms with Gasteiger partial charge in [0, 0.05) is 82.1 Å². The van der Waals surface area contributed by atoms with E-state index in [1.807, 2.05) is 53.3 Å². The van der Waals surface area contributed by atoms with Crippen LogP contribution in [0.5, 0.6) is 0 Å². The molecule has 2 N–H and O–H groups in total. The summed E-state index contributed by atoms with van der Waals surface area (Å²) in [5, 5.41) is 15.2. The second-order valence-electron chi connectivity index (χ2n) is 14.3. The van der Waals surface area contributed by atoms with Crippen LogP contribution >= 0.6 is 0 Å². The van der Waals surface area contributed by atoms with Gasteiger partial charge >= 0.3 is 24.4 Å². The molecule has 55 heavy (non-hydrogen) atoms. The number of piperazine rings is 1. The predicted octanol–water partition coefficient (Wildman–Crippen LogP) is 5.08. The van der Waals surface area contributed by atoms with Crippen molar-refractivity contribution in [2.75, 3.05) is 68.7 Å². The Kier molecular flexibility index (Phi) is 12.1. The first kappa shape index (κ1) is 40.0. The zero-order valence-corrected chi connectivity index (χ0v) is 30.6. The van der Waals surface area contributed by atoms with Gasteiger partial charge in [0.15, 0.2) is 0 Å². The molecule has 0 spiro atoms. The van der Waals surface area contributed by atoms with E-state index in [1.165, 1.54) is 11.3 Å². The quantitative estimate of drug-likeness (QED) is 0.311. The highest BCUT2D eigenvalue weighted by atomic mass is 19.4. The Morgan fingerprint density at radius 1 is 0.945 bits per heavy atom. The van der Waals surface area contributed by atoms with Gasteiger partial charge in [-0.3, -0.25) is 9.58 Å². The molecule has 4 aliphatic rings. The summed E-state index contributed by atoms with van der Waals surface area (Å²) in [5.41, 5.74) is 3.37. The fourth-order valence-corrected chi connectivity index (χ4v) is 7.71. The molecule has 1 amide bonds. The van der Waals surface area contributed by atoms with E-state index in [0.29, 0.717) is 69.4 Å². The SMILES string of the molecule is Cc1cnn(C2CCNC2)c1C1CCN(c2cc(N3CC(N4CCN(C(=O)OCc5ccccc5)CC4)[C@H]3C)nc(C(F)(F)F)n2)CC1.O=C(O)C(F)(F)F. The Morgan fingerprint density at radius 3 is 2.18 bits per heavy atom. The first-order valence-electron chi connectivity index (χ1n) is 18.3. The number of alkyl halides is 6. The molecule has 4 fully saturated rings. The summed E-state index contributed by atoms with van der Waals surface area (Å²) in [7, 11) is 0. The van der Waals surface area contributed by atoms with Gasteiger partial charge in [-0.1, -0.05) is 30.3 Å². The highest BCUT2D eigenvalue weighted by Gasteiger charge is 2.44. The average molecular weight is 782 g/mol. The van der Waals surface area contributed by atoms with E-state index in [9.17, 15) is 31.1 Å². The van der Waals surface area contributed by atoms with E-state index in [2.05, 4.69) is 31.8 Å². The first-order chi connectivity index (χ1) is 26.1. The van der Waals surface area contributed by atoms with Crippen molar-refractivity contribution in [3.63, 3.8) is 0 Å². The average Bonchev–Trinajstić information content (AvgIpc) is 3.83. The smallest absolute Gasteiger partial charge is 0.475 e. The number of hydrogen-bond donors (Lipinski definition) is 2. The third-order valence-corrected chi connectivity index (χ3v) is 10.8. The van der Waals surface area contributed by atoms with Crippen LogP contribution in [0, 0.1) is 6.92 Å². The molecule has 2 unspecified atom stereocenters. The number of nitrogens with one attached hydrogen (secondary N) is 1. The molecule has 0 bridgehead atoms. The Balaban J connectivity index is 0.000000672. The molecule has 3 aromatic rings. The van der Waals surface area contributed by atoms with Crippen LogP contribution in [-0.2, 0) is 22.3 Å². The second kappa shape index (κ2) is 16.6. The molecule has 0 radical (unpaired) electrons. The zero-order valence-electron chi connectivity index (χ0n) is 30.6. The number of aliphatic carboxylic acids is 1. The molecular weight excluding hydrogens is 736 g/mol. The number of benzene rings is 1. The van der Waals surface area contributed by atoms with Gasteiger partial charge in [0.2, 0.25) is 5.82 Å². The third kappa shape index (κ3) is 9.42. The second-order valence-corrected chi connectivity index (χ2v) is 14.3. The number of carboxylic acids is 1. The lowest BCUT2D eigenvalue weighted by Gasteiger charge is -2.53.